The van der Waals surface area contributed by atoms with E-state index in [0.717, 1.165) is 25.1 Å². The number of amides is 1. The molecule has 19 heavy (non-hydrogen) atoms. The van der Waals surface area contributed by atoms with Crippen molar-refractivity contribution >= 4 is 5.91 Å². The Morgan fingerprint density at radius 2 is 2.11 bits per heavy atom. The molecule has 1 aliphatic heterocycles. The molecule has 4 heteroatoms. The normalized spacial score (nSPS) is 18.6. The van der Waals surface area contributed by atoms with Gasteiger partial charge in [0.1, 0.15) is 12.4 Å². The summed E-state index contributed by atoms with van der Waals surface area (Å²) in [6, 6.07) is 8.22. The van der Waals surface area contributed by atoms with Crippen molar-refractivity contribution < 1.29 is 14.3 Å². The minimum atomic E-state index is 0.0684. The molecule has 1 aromatic rings. The molecule has 0 saturated carbocycles. The topological polar surface area (TPSA) is 38.8 Å². The highest BCUT2D eigenvalue weighted by Gasteiger charge is 2.29. The SMILES string of the molecule is CCOc1ccc(C2CCCN2C(=O)COC)cc1. The lowest BCUT2D eigenvalue weighted by atomic mass is 10.0. The average molecular weight is 263 g/mol. The summed E-state index contributed by atoms with van der Waals surface area (Å²) in [4.78, 5) is 13.9. The van der Waals surface area contributed by atoms with Crippen molar-refractivity contribution in [1.29, 1.82) is 0 Å². The van der Waals surface area contributed by atoms with Crippen LogP contribution >= 0.6 is 0 Å². The van der Waals surface area contributed by atoms with Crippen LogP contribution < -0.4 is 4.74 Å². The maximum absolute atomic E-state index is 12.0. The molecule has 2 rings (SSSR count). The van der Waals surface area contributed by atoms with Crippen LogP contribution in [-0.4, -0.2) is 37.7 Å². The fraction of sp³-hybridized carbons (Fsp3) is 0.533. The Balaban J connectivity index is 2.09. The molecular formula is C15H21NO3. The largest absolute Gasteiger partial charge is 0.494 e. The molecular weight excluding hydrogens is 242 g/mol. The summed E-state index contributed by atoms with van der Waals surface area (Å²) in [7, 11) is 1.56. The highest BCUT2D eigenvalue weighted by molar-refractivity contribution is 5.78. The lowest BCUT2D eigenvalue weighted by Crippen LogP contribution is -2.33. The van der Waals surface area contributed by atoms with Gasteiger partial charge in [0.2, 0.25) is 5.91 Å². The van der Waals surface area contributed by atoms with Crippen molar-refractivity contribution in [3.63, 3.8) is 0 Å². The molecule has 1 saturated heterocycles. The van der Waals surface area contributed by atoms with Gasteiger partial charge in [-0.15, -0.1) is 0 Å². The molecule has 0 aliphatic carbocycles. The van der Waals surface area contributed by atoms with Crippen molar-refractivity contribution in [2.45, 2.75) is 25.8 Å². The molecule has 0 aromatic heterocycles. The highest BCUT2D eigenvalue weighted by Crippen LogP contribution is 2.32. The van der Waals surface area contributed by atoms with Gasteiger partial charge in [0.25, 0.3) is 0 Å². The third kappa shape index (κ3) is 3.26. The van der Waals surface area contributed by atoms with E-state index in [2.05, 4.69) is 0 Å². The zero-order valence-electron chi connectivity index (χ0n) is 11.6. The number of hydrogen-bond acceptors (Lipinski definition) is 3. The molecule has 0 radical (unpaired) electrons. The molecule has 1 heterocycles. The van der Waals surface area contributed by atoms with Crippen LogP contribution in [0, 0.1) is 0 Å². The Morgan fingerprint density at radius 1 is 1.37 bits per heavy atom. The van der Waals surface area contributed by atoms with E-state index >= 15 is 0 Å². The van der Waals surface area contributed by atoms with E-state index < -0.39 is 0 Å². The van der Waals surface area contributed by atoms with Gasteiger partial charge in [-0.1, -0.05) is 12.1 Å². The van der Waals surface area contributed by atoms with E-state index in [1.165, 1.54) is 5.56 Å². The Hall–Kier alpha value is -1.55. The third-order valence-corrected chi connectivity index (χ3v) is 3.42. The summed E-state index contributed by atoms with van der Waals surface area (Å²) >= 11 is 0. The number of rotatable bonds is 5. The van der Waals surface area contributed by atoms with Crippen LogP contribution in [0.2, 0.25) is 0 Å². The summed E-state index contributed by atoms with van der Waals surface area (Å²) in [5.41, 5.74) is 1.17. The number of nitrogens with zero attached hydrogens (tertiary/aromatic N) is 1. The Morgan fingerprint density at radius 3 is 2.74 bits per heavy atom. The molecule has 0 bridgehead atoms. The van der Waals surface area contributed by atoms with Crippen LogP contribution in [0.15, 0.2) is 24.3 Å². The van der Waals surface area contributed by atoms with Gasteiger partial charge in [0.15, 0.2) is 0 Å². The van der Waals surface area contributed by atoms with Crippen LogP contribution in [-0.2, 0) is 9.53 Å². The summed E-state index contributed by atoms with van der Waals surface area (Å²) in [5, 5.41) is 0. The average Bonchev–Trinajstić information content (AvgIpc) is 2.89. The van der Waals surface area contributed by atoms with Gasteiger partial charge >= 0.3 is 0 Å². The monoisotopic (exact) mass is 263 g/mol. The van der Waals surface area contributed by atoms with Crippen LogP contribution in [0.25, 0.3) is 0 Å². The van der Waals surface area contributed by atoms with Crippen molar-refractivity contribution in [2.75, 3.05) is 26.9 Å². The zero-order chi connectivity index (χ0) is 13.7. The standard InChI is InChI=1S/C15H21NO3/c1-3-19-13-8-6-12(7-9-13)14-5-4-10-16(14)15(17)11-18-2/h6-9,14H,3-5,10-11H2,1-2H3. The number of hydrogen-bond donors (Lipinski definition) is 0. The van der Waals surface area contributed by atoms with Crippen molar-refractivity contribution in [1.82, 2.24) is 4.90 Å². The summed E-state index contributed by atoms with van der Waals surface area (Å²) in [6.45, 7) is 3.62. The molecule has 0 spiro atoms. The van der Waals surface area contributed by atoms with Crippen molar-refractivity contribution in [3.8, 4) is 5.75 Å². The van der Waals surface area contributed by atoms with Gasteiger partial charge in [0, 0.05) is 13.7 Å². The summed E-state index contributed by atoms with van der Waals surface area (Å²) < 4.78 is 10.4. The van der Waals surface area contributed by atoms with Gasteiger partial charge < -0.3 is 14.4 Å². The quantitative estimate of drug-likeness (QED) is 0.818. The van der Waals surface area contributed by atoms with Gasteiger partial charge in [-0.05, 0) is 37.5 Å². The smallest absolute Gasteiger partial charge is 0.249 e. The minimum Gasteiger partial charge on any atom is -0.494 e. The number of ether oxygens (including phenoxy) is 2. The van der Waals surface area contributed by atoms with E-state index in [9.17, 15) is 4.79 Å². The van der Waals surface area contributed by atoms with Crippen LogP contribution in [0.3, 0.4) is 0 Å². The first-order valence-electron chi connectivity index (χ1n) is 6.77. The Bertz CT molecular complexity index is 416. The second kappa shape index (κ2) is 6.57. The number of carbonyl (C=O) groups is 1. The van der Waals surface area contributed by atoms with Crippen molar-refractivity contribution in [2.24, 2.45) is 0 Å². The summed E-state index contributed by atoms with van der Waals surface area (Å²) in [6.07, 6.45) is 2.07. The number of carbonyl (C=O) groups excluding carboxylic acids is 1. The molecule has 4 nitrogen and oxygen atoms in total. The van der Waals surface area contributed by atoms with Crippen molar-refractivity contribution in [3.05, 3.63) is 29.8 Å². The summed E-state index contributed by atoms with van der Waals surface area (Å²) in [5.74, 6) is 0.942. The van der Waals surface area contributed by atoms with Crippen LogP contribution in [0.5, 0.6) is 5.75 Å². The number of methoxy groups -OCH3 is 1. The Labute approximate surface area is 114 Å². The third-order valence-electron chi connectivity index (χ3n) is 3.42. The number of benzene rings is 1. The predicted molar refractivity (Wildman–Crippen MR) is 73.2 cm³/mol. The number of likely N-dealkylation sites (tertiary alicyclic amines) is 1. The first-order chi connectivity index (χ1) is 9.26. The maximum atomic E-state index is 12.0. The van der Waals surface area contributed by atoms with Gasteiger partial charge in [-0.3, -0.25) is 4.79 Å². The molecule has 1 amide bonds. The second-order valence-electron chi connectivity index (χ2n) is 4.68. The molecule has 1 aromatic carbocycles. The van der Waals surface area contributed by atoms with E-state index in [1.54, 1.807) is 7.11 Å². The van der Waals surface area contributed by atoms with Gasteiger partial charge in [0.05, 0.1) is 12.6 Å². The predicted octanol–water partition coefficient (Wildman–Crippen LogP) is 2.40. The second-order valence-corrected chi connectivity index (χ2v) is 4.68. The first-order valence-corrected chi connectivity index (χ1v) is 6.77. The fourth-order valence-corrected chi connectivity index (χ4v) is 2.57. The van der Waals surface area contributed by atoms with E-state index in [0.29, 0.717) is 6.61 Å². The molecule has 1 aliphatic rings. The Kier molecular flexibility index (Phi) is 4.80. The van der Waals surface area contributed by atoms with E-state index in [-0.39, 0.29) is 18.6 Å². The fourth-order valence-electron chi connectivity index (χ4n) is 2.57. The minimum absolute atomic E-state index is 0.0684. The molecule has 1 unspecified atom stereocenters. The maximum Gasteiger partial charge on any atom is 0.249 e. The first kappa shape index (κ1) is 13.9. The molecule has 1 fully saturated rings. The lowest BCUT2D eigenvalue weighted by Gasteiger charge is -2.25. The van der Waals surface area contributed by atoms with E-state index in [4.69, 9.17) is 9.47 Å². The highest BCUT2D eigenvalue weighted by atomic mass is 16.5. The van der Waals surface area contributed by atoms with E-state index in [1.807, 2.05) is 36.1 Å². The molecule has 0 N–H and O–H groups in total. The van der Waals surface area contributed by atoms with Crippen LogP contribution in [0.1, 0.15) is 31.4 Å². The van der Waals surface area contributed by atoms with Crippen LogP contribution in [0.4, 0.5) is 0 Å². The zero-order valence-corrected chi connectivity index (χ0v) is 11.6. The molecule has 104 valence electrons. The van der Waals surface area contributed by atoms with Gasteiger partial charge in [-0.25, -0.2) is 0 Å². The lowest BCUT2D eigenvalue weighted by molar-refractivity contribution is -0.136. The molecule has 1 atom stereocenters. The van der Waals surface area contributed by atoms with Gasteiger partial charge in [-0.2, -0.15) is 0 Å².